The zero-order valence-electron chi connectivity index (χ0n) is 42.4. The smallest absolute Gasteiger partial charge is 0.239 e. The average molecular weight is 965 g/mol. The van der Waals surface area contributed by atoms with E-state index in [4.69, 9.17) is 28.9 Å². The van der Waals surface area contributed by atoms with Crippen LogP contribution in [0, 0.1) is 37.4 Å². The van der Waals surface area contributed by atoms with Crippen LogP contribution in [0.25, 0.3) is 0 Å². The molecule has 2 fully saturated rings. The Bertz CT molecular complexity index is 2190. The maximum Gasteiger partial charge on any atom is 0.239 e. The number of allylic oxidation sites excluding steroid dienone is 1. The monoisotopic (exact) mass is 965 g/mol. The second-order valence-electron chi connectivity index (χ2n) is 20.2. The van der Waals surface area contributed by atoms with E-state index in [-0.39, 0.29) is 62.3 Å². The fourth-order valence-corrected chi connectivity index (χ4v) is 11.4. The summed E-state index contributed by atoms with van der Waals surface area (Å²) in [7, 11) is 0. The predicted octanol–water partition coefficient (Wildman–Crippen LogP) is 13.3. The first-order valence-electron chi connectivity index (χ1n) is 26.8. The van der Waals surface area contributed by atoms with Gasteiger partial charge in [-0.25, -0.2) is 4.39 Å². The van der Waals surface area contributed by atoms with Gasteiger partial charge in [-0.2, -0.15) is 0 Å². The number of halogens is 1. The Morgan fingerprint density at radius 2 is 1.59 bits per heavy atom. The largest absolute Gasteiger partial charge is 0.459 e. The lowest BCUT2D eigenvalue weighted by Crippen LogP contribution is -2.70. The Morgan fingerprint density at radius 3 is 2.29 bits per heavy atom. The van der Waals surface area contributed by atoms with Crippen molar-refractivity contribution in [2.24, 2.45) is 22.9 Å². The summed E-state index contributed by atoms with van der Waals surface area (Å²) >= 11 is 0. The Labute approximate surface area is 417 Å². The van der Waals surface area contributed by atoms with E-state index in [9.17, 15) is 14.6 Å². The topological polar surface area (TPSA) is 119 Å². The number of ether oxygens (including phenoxy) is 4. The van der Waals surface area contributed by atoms with Crippen LogP contribution in [0.4, 0.5) is 4.39 Å². The molecule has 7 atom stereocenters. The van der Waals surface area contributed by atoms with Crippen molar-refractivity contribution in [1.82, 2.24) is 4.90 Å². The van der Waals surface area contributed by atoms with Crippen molar-refractivity contribution in [3.63, 3.8) is 0 Å². The van der Waals surface area contributed by atoms with Crippen LogP contribution in [0.5, 0.6) is 17.2 Å². The second-order valence-corrected chi connectivity index (χ2v) is 20.2. The summed E-state index contributed by atoms with van der Waals surface area (Å²) in [6.07, 6.45) is 21.7. The number of aliphatic hydroxyl groups excluding tert-OH is 2. The Morgan fingerprint density at radius 1 is 0.871 bits per heavy atom. The highest BCUT2D eigenvalue weighted by atomic mass is 19.1. The van der Waals surface area contributed by atoms with Gasteiger partial charge in [0, 0.05) is 50.5 Å². The summed E-state index contributed by atoms with van der Waals surface area (Å²) in [6.45, 7) is 11.7. The SMILES string of the molecule is C=CCOC12Oc3ccc(Oc4ccc(C)c(C)c4)cc3C3C(CCCCO)C(CCCCO)C=C(C(=NOC4CCCCO4)CC1N(Cc1ccc(F)cc1)C(=O)CCCCCCCCCCC)C32. The summed E-state index contributed by atoms with van der Waals surface area (Å²) < 4.78 is 42.0. The van der Waals surface area contributed by atoms with Crippen LogP contribution < -0.4 is 9.47 Å². The van der Waals surface area contributed by atoms with Crippen LogP contribution in [0.2, 0.25) is 0 Å². The molecule has 7 rings (SSSR count). The number of rotatable bonds is 28. The van der Waals surface area contributed by atoms with Crippen LogP contribution in [0.15, 0.2) is 90.1 Å². The molecule has 2 N–H and O–H groups in total. The Hall–Kier alpha value is -4.55. The molecule has 1 saturated heterocycles. The third-order valence-electron chi connectivity index (χ3n) is 15.2. The van der Waals surface area contributed by atoms with Crippen molar-refractivity contribution < 1.29 is 43.2 Å². The number of carbonyl (C=O) groups excluding carboxylic acids is 1. The molecule has 10 nitrogen and oxygen atoms in total. The number of amides is 1. The lowest BCUT2D eigenvalue weighted by Gasteiger charge is -2.60. The molecule has 2 aliphatic carbocycles. The first-order valence-corrected chi connectivity index (χ1v) is 26.8. The summed E-state index contributed by atoms with van der Waals surface area (Å²) in [5.41, 5.74) is 5.79. The van der Waals surface area contributed by atoms with Gasteiger partial charge in [0.1, 0.15) is 29.1 Å². The molecular weight excluding hydrogens is 884 g/mol. The molecule has 3 aromatic rings. The van der Waals surface area contributed by atoms with Crippen LogP contribution in [0.1, 0.15) is 164 Å². The summed E-state index contributed by atoms with van der Waals surface area (Å²) in [4.78, 5) is 23.6. The van der Waals surface area contributed by atoms with Crippen molar-refractivity contribution in [2.75, 3.05) is 26.4 Å². The van der Waals surface area contributed by atoms with E-state index in [1.807, 2.05) is 23.1 Å². The quantitative estimate of drug-likeness (QED) is 0.0420. The molecule has 382 valence electrons. The van der Waals surface area contributed by atoms with Crippen molar-refractivity contribution in [3.05, 3.63) is 113 Å². The zero-order valence-corrected chi connectivity index (χ0v) is 42.4. The van der Waals surface area contributed by atoms with Gasteiger partial charge < -0.3 is 38.9 Å². The van der Waals surface area contributed by atoms with Gasteiger partial charge >= 0.3 is 0 Å². The highest BCUT2D eigenvalue weighted by molar-refractivity contribution is 6.03. The zero-order chi connectivity index (χ0) is 49.3. The first-order chi connectivity index (χ1) is 34.2. The van der Waals surface area contributed by atoms with E-state index >= 15 is 4.79 Å². The number of fused-ring (bicyclic) bond motifs is 2. The summed E-state index contributed by atoms with van der Waals surface area (Å²) in [5.74, 6) is -0.276. The Balaban J connectivity index is 1.38. The van der Waals surface area contributed by atoms with Crippen molar-refractivity contribution in [1.29, 1.82) is 0 Å². The third-order valence-corrected chi connectivity index (χ3v) is 15.2. The highest BCUT2D eigenvalue weighted by Crippen LogP contribution is 2.62. The average Bonchev–Trinajstić information content (AvgIpc) is 3.37. The van der Waals surface area contributed by atoms with Crippen LogP contribution in [-0.2, 0) is 25.7 Å². The van der Waals surface area contributed by atoms with E-state index in [1.54, 1.807) is 18.2 Å². The van der Waals surface area contributed by atoms with Gasteiger partial charge in [0.2, 0.25) is 18.0 Å². The lowest BCUT2D eigenvalue weighted by atomic mass is 9.55. The molecule has 0 radical (unpaired) electrons. The number of nitrogens with zero attached hydrogens (tertiary/aromatic N) is 2. The molecule has 3 aromatic carbocycles. The van der Waals surface area contributed by atoms with Gasteiger partial charge in [0.25, 0.3) is 0 Å². The van der Waals surface area contributed by atoms with E-state index in [1.165, 1.54) is 49.8 Å². The molecule has 7 unspecified atom stereocenters. The number of hydrogen-bond donors (Lipinski definition) is 2. The van der Waals surface area contributed by atoms with Gasteiger partial charge in [-0.3, -0.25) is 4.79 Å². The molecule has 2 heterocycles. The molecule has 2 aliphatic heterocycles. The number of hydrogen-bond acceptors (Lipinski definition) is 9. The normalized spacial score (nSPS) is 24.3. The van der Waals surface area contributed by atoms with Gasteiger partial charge in [-0.15, -0.1) is 6.58 Å². The summed E-state index contributed by atoms with van der Waals surface area (Å²) in [6, 6.07) is 17.9. The minimum atomic E-state index is -1.42. The molecule has 0 spiro atoms. The maximum absolute atomic E-state index is 15.3. The van der Waals surface area contributed by atoms with E-state index in [2.05, 4.69) is 51.6 Å². The fraction of sp³-hybridized carbons (Fsp3) is 0.593. The minimum Gasteiger partial charge on any atom is -0.459 e. The van der Waals surface area contributed by atoms with E-state index < -0.39 is 24.0 Å². The van der Waals surface area contributed by atoms with Gasteiger partial charge in [-0.1, -0.05) is 107 Å². The van der Waals surface area contributed by atoms with Crippen LogP contribution in [0.3, 0.4) is 0 Å². The molecule has 70 heavy (non-hydrogen) atoms. The lowest BCUT2D eigenvalue weighted by molar-refractivity contribution is -0.258. The fourth-order valence-electron chi connectivity index (χ4n) is 11.4. The summed E-state index contributed by atoms with van der Waals surface area (Å²) in [5, 5.41) is 25.2. The predicted molar refractivity (Wildman–Crippen MR) is 274 cm³/mol. The van der Waals surface area contributed by atoms with Crippen molar-refractivity contribution in [3.8, 4) is 17.2 Å². The van der Waals surface area contributed by atoms with Gasteiger partial charge in [0.05, 0.1) is 24.8 Å². The van der Waals surface area contributed by atoms with Crippen molar-refractivity contribution in [2.45, 2.75) is 180 Å². The minimum absolute atomic E-state index is 0.0255. The second kappa shape index (κ2) is 26.8. The van der Waals surface area contributed by atoms with Crippen LogP contribution >= 0.6 is 0 Å². The number of benzene rings is 3. The van der Waals surface area contributed by atoms with E-state index in [0.717, 1.165) is 104 Å². The molecule has 11 heteroatoms. The van der Waals surface area contributed by atoms with Crippen LogP contribution in [-0.4, -0.2) is 71.3 Å². The molecule has 4 aliphatic rings. The number of unbranched alkanes of at least 4 members (excludes halogenated alkanes) is 10. The molecule has 0 aromatic heterocycles. The third kappa shape index (κ3) is 13.5. The van der Waals surface area contributed by atoms with E-state index in [0.29, 0.717) is 37.4 Å². The van der Waals surface area contributed by atoms with Gasteiger partial charge in [-0.05, 0) is 135 Å². The number of aryl methyl sites for hydroxylation is 2. The van der Waals surface area contributed by atoms with Gasteiger partial charge in [0.15, 0.2) is 0 Å². The molecule has 1 amide bonds. The maximum atomic E-state index is 15.3. The Kier molecular flexibility index (Phi) is 20.4. The molecular formula is C59H81FN2O8. The highest BCUT2D eigenvalue weighted by Gasteiger charge is 2.65. The standard InChI is InChI=1S/C59H81FN2O8/c1-5-7-8-9-10-11-12-13-14-23-55(65)62(41-44-26-28-46(60)29-27-44)54-40-52(61-70-56-24-17-20-36-66-56)50-38-45(21-15-18-33-63)49(22-16-19-34-64)57-51-39-48(68-47-30-25-42(3)43(4)37-47)31-32-53(51)69-59(54,58(50)57)67-35-6-2/h6,25-32,37-39,45,49,54,56-58,63-64H,2,5,7-24,33-36,40-41H2,1,3-4H3. The number of aliphatic hydroxyl groups is 2. The van der Waals surface area contributed by atoms with Crippen molar-refractivity contribution >= 4 is 11.6 Å². The first kappa shape index (κ1) is 53.3. The number of carbonyl (C=O) groups is 1. The molecule has 1 saturated carbocycles. The number of oxime groups is 1. The molecule has 0 bridgehead atoms.